The molecule has 1 aliphatic heterocycles. The van der Waals surface area contributed by atoms with E-state index in [2.05, 4.69) is 51.2 Å². The van der Waals surface area contributed by atoms with E-state index < -0.39 is 0 Å². The maximum Gasteiger partial charge on any atom is 0.124 e. The molecule has 0 bridgehead atoms. The van der Waals surface area contributed by atoms with Crippen LogP contribution in [0.2, 0.25) is 0 Å². The molecule has 0 aliphatic carbocycles. The van der Waals surface area contributed by atoms with Crippen LogP contribution in [0.3, 0.4) is 0 Å². The monoisotopic (exact) mass is 247 g/mol. The van der Waals surface area contributed by atoms with Crippen molar-refractivity contribution in [1.82, 2.24) is 5.32 Å². The lowest BCUT2D eigenvalue weighted by Gasteiger charge is -2.42. The summed E-state index contributed by atoms with van der Waals surface area (Å²) in [5.41, 5.74) is 2.64. The van der Waals surface area contributed by atoms with E-state index in [1.165, 1.54) is 11.1 Å². The van der Waals surface area contributed by atoms with Gasteiger partial charge in [0.25, 0.3) is 0 Å². The molecular weight excluding hydrogens is 222 g/mol. The zero-order valence-electron chi connectivity index (χ0n) is 12.0. The third-order valence-corrected chi connectivity index (χ3v) is 4.18. The maximum atomic E-state index is 6.31. The molecule has 0 fully saturated rings. The van der Waals surface area contributed by atoms with E-state index >= 15 is 0 Å². The van der Waals surface area contributed by atoms with Gasteiger partial charge in [-0.05, 0) is 32.4 Å². The molecule has 1 N–H and O–H groups in total. The number of hydrogen-bond acceptors (Lipinski definition) is 2. The lowest BCUT2D eigenvalue weighted by molar-refractivity contribution is 0.0230. The van der Waals surface area contributed by atoms with Crippen molar-refractivity contribution in [3.05, 3.63) is 29.3 Å². The van der Waals surface area contributed by atoms with Gasteiger partial charge in [-0.25, -0.2) is 0 Å². The minimum atomic E-state index is 0.00902. The highest BCUT2D eigenvalue weighted by atomic mass is 16.5. The van der Waals surface area contributed by atoms with Crippen molar-refractivity contribution in [2.24, 2.45) is 0 Å². The Bertz CT molecular complexity index is 410. The van der Waals surface area contributed by atoms with Crippen molar-refractivity contribution in [2.45, 2.75) is 58.6 Å². The number of aryl methyl sites for hydroxylation is 1. The van der Waals surface area contributed by atoms with E-state index in [0.29, 0.717) is 6.04 Å². The van der Waals surface area contributed by atoms with Crippen LogP contribution in [0.15, 0.2) is 18.2 Å². The van der Waals surface area contributed by atoms with Gasteiger partial charge in [0.05, 0.1) is 0 Å². The van der Waals surface area contributed by atoms with Crippen LogP contribution in [0.4, 0.5) is 0 Å². The van der Waals surface area contributed by atoms with Gasteiger partial charge in [0.2, 0.25) is 0 Å². The molecule has 2 rings (SSSR count). The summed E-state index contributed by atoms with van der Waals surface area (Å²) < 4.78 is 6.31. The molecule has 0 saturated carbocycles. The van der Waals surface area contributed by atoms with Crippen molar-refractivity contribution in [3.8, 4) is 5.75 Å². The first-order valence-corrected chi connectivity index (χ1v) is 7.17. The fraction of sp³-hybridized carbons (Fsp3) is 0.625. The van der Waals surface area contributed by atoms with Gasteiger partial charge in [0.1, 0.15) is 11.4 Å². The van der Waals surface area contributed by atoms with Crippen LogP contribution in [0.25, 0.3) is 0 Å². The fourth-order valence-corrected chi connectivity index (χ4v) is 2.90. The van der Waals surface area contributed by atoms with Crippen LogP contribution in [-0.4, -0.2) is 12.1 Å². The van der Waals surface area contributed by atoms with Crippen LogP contribution < -0.4 is 10.1 Å². The van der Waals surface area contributed by atoms with Crippen LogP contribution in [0.1, 0.15) is 57.2 Å². The second-order valence-electron chi connectivity index (χ2n) is 5.35. The highest BCUT2D eigenvalue weighted by Crippen LogP contribution is 2.42. The summed E-state index contributed by atoms with van der Waals surface area (Å²) in [6.07, 6.45) is 3.21. The van der Waals surface area contributed by atoms with Crippen molar-refractivity contribution < 1.29 is 4.74 Å². The largest absolute Gasteiger partial charge is 0.487 e. The van der Waals surface area contributed by atoms with Gasteiger partial charge in [0.15, 0.2) is 0 Å². The van der Waals surface area contributed by atoms with Crippen LogP contribution >= 0.6 is 0 Å². The van der Waals surface area contributed by atoms with E-state index in [4.69, 9.17) is 4.74 Å². The average molecular weight is 247 g/mol. The Morgan fingerprint density at radius 2 is 2.00 bits per heavy atom. The van der Waals surface area contributed by atoms with Gasteiger partial charge in [-0.2, -0.15) is 0 Å². The summed E-state index contributed by atoms with van der Waals surface area (Å²) in [7, 11) is 0. The molecule has 1 aromatic rings. The normalized spacial score (nSPS) is 21.2. The lowest BCUT2D eigenvalue weighted by atomic mass is 9.83. The molecular formula is C16H25NO. The Morgan fingerprint density at radius 1 is 1.28 bits per heavy atom. The summed E-state index contributed by atoms with van der Waals surface area (Å²) in [5, 5.41) is 3.61. The zero-order valence-corrected chi connectivity index (χ0v) is 12.0. The van der Waals surface area contributed by atoms with Crippen LogP contribution in [0.5, 0.6) is 5.75 Å². The molecule has 18 heavy (non-hydrogen) atoms. The first-order valence-electron chi connectivity index (χ1n) is 7.17. The van der Waals surface area contributed by atoms with E-state index in [-0.39, 0.29) is 5.60 Å². The molecule has 0 saturated heterocycles. The number of nitrogens with one attached hydrogen (secondary N) is 1. The third kappa shape index (κ3) is 2.39. The molecule has 1 atom stereocenters. The summed E-state index contributed by atoms with van der Waals surface area (Å²) in [6, 6.07) is 6.97. The number of hydrogen-bond donors (Lipinski definition) is 1. The molecule has 1 heterocycles. The second kappa shape index (κ2) is 5.31. The van der Waals surface area contributed by atoms with Crippen molar-refractivity contribution >= 4 is 0 Å². The first-order chi connectivity index (χ1) is 8.64. The molecule has 2 heteroatoms. The quantitative estimate of drug-likeness (QED) is 0.868. The minimum absolute atomic E-state index is 0.00902. The van der Waals surface area contributed by atoms with Gasteiger partial charge < -0.3 is 10.1 Å². The van der Waals surface area contributed by atoms with E-state index in [1.54, 1.807) is 0 Å². The summed E-state index contributed by atoms with van der Waals surface area (Å²) in [6.45, 7) is 9.77. The number of ether oxygens (including phenoxy) is 1. The molecule has 0 spiro atoms. The third-order valence-electron chi connectivity index (χ3n) is 4.18. The van der Waals surface area contributed by atoms with Crippen LogP contribution in [-0.2, 0) is 0 Å². The number of fused-ring (bicyclic) bond motifs is 1. The van der Waals surface area contributed by atoms with Gasteiger partial charge in [-0.3, -0.25) is 0 Å². The van der Waals surface area contributed by atoms with Gasteiger partial charge >= 0.3 is 0 Å². The highest BCUT2D eigenvalue weighted by molar-refractivity contribution is 5.41. The molecule has 0 amide bonds. The van der Waals surface area contributed by atoms with Gasteiger partial charge in [-0.1, -0.05) is 38.5 Å². The fourth-order valence-electron chi connectivity index (χ4n) is 2.90. The van der Waals surface area contributed by atoms with Crippen LogP contribution in [0, 0.1) is 6.92 Å². The summed E-state index contributed by atoms with van der Waals surface area (Å²) >= 11 is 0. The second-order valence-corrected chi connectivity index (χ2v) is 5.35. The summed E-state index contributed by atoms with van der Waals surface area (Å²) in [4.78, 5) is 0. The van der Waals surface area contributed by atoms with Gasteiger partial charge in [-0.15, -0.1) is 0 Å². The maximum absolute atomic E-state index is 6.31. The van der Waals surface area contributed by atoms with Crippen molar-refractivity contribution in [3.63, 3.8) is 0 Å². The predicted octanol–water partition coefficient (Wildman–Crippen LogP) is 3.99. The lowest BCUT2D eigenvalue weighted by Crippen LogP contribution is -2.43. The molecule has 1 aliphatic rings. The predicted molar refractivity (Wildman–Crippen MR) is 76.2 cm³/mol. The Morgan fingerprint density at radius 3 is 2.61 bits per heavy atom. The topological polar surface area (TPSA) is 21.3 Å². The zero-order chi connectivity index (χ0) is 13.2. The van der Waals surface area contributed by atoms with Gasteiger partial charge in [0, 0.05) is 18.0 Å². The Kier molecular flexibility index (Phi) is 3.96. The Hall–Kier alpha value is -1.02. The molecule has 0 aromatic heterocycles. The smallest absolute Gasteiger partial charge is 0.124 e. The standard InChI is InChI=1S/C16H25NO/c1-5-16(6-2)11-14(17-7-3)13-10-12(4)8-9-15(13)18-16/h8-10,14,17H,5-7,11H2,1-4H3. The Labute approximate surface area is 111 Å². The van der Waals surface area contributed by atoms with E-state index in [0.717, 1.165) is 31.6 Å². The molecule has 2 nitrogen and oxygen atoms in total. The average Bonchev–Trinajstić information content (AvgIpc) is 2.39. The molecule has 0 radical (unpaired) electrons. The van der Waals surface area contributed by atoms with Crippen molar-refractivity contribution in [2.75, 3.05) is 6.54 Å². The Balaban J connectivity index is 2.39. The summed E-state index contributed by atoms with van der Waals surface area (Å²) in [5.74, 6) is 1.07. The number of rotatable bonds is 4. The SMILES string of the molecule is CCNC1CC(CC)(CC)Oc2ccc(C)cc21. The molecule has 1 unspecified atom stereocenters. The first kappa shape index (κ1) is 13.4. The van der Waals surface area contributed by atoms with E-state index in [1.807, 2.05) is 0 Å². The van der Waals surface area contributed by atoms with Crippen molar-refractivity contribution in [1.29, 1.82) is 0 Å². The molecule has 1 aromatic carbocycles. The number of benzene rings is 1. The molecule has 100 valence electrons. The minimum Gasteiger partial charge on any atom is -0.487 e. The van der Waals surface area contributed by atoms with E-state index in [9.17, 15) is 0 Å². The highest BCUT2D eigenvalue weighted by Gasteiger charge is 2.37.